The molecule has 0 aliphatic carbocycles. The maximum atomic E-state index is 10.7. The van der Waals surface area contributed by atoms with Crippen molar-refractivity contribution in [3.05, 3.63) is 30.1 Å². The molecule has 0 spiro atoms. The van der Waals surface area contributed by atoms with E-state index in [4.69, 9.17) is 0 Å². The zero-order valence-electron chi connectivity index (χ0n) is 7.19. The summed E-state index contributed by atoms with van der Waals surface area (Å²) < 4.78 is 1.68. The molecule has 0 unspecified atom stereocenters. The summed E-state index contributed by atoms with van der Waals surface area (Å²) in [6.45, 7) is 0. The summed E-state index contributed by atoms with van der Waals surface area (Å²) in [5.74, 6) is 0. The highest BCUT2D eigenvalue weighted by Gasteiger charge is 2.09. The van der Waals surface area contributed by atoms with Gasteiger partial charge < -0.3 is 4.98 Å². The lowest BCUT2D eigenvalue weighted by molar-refractivity contribution is 0.112. The topological polar surface area (TPSA) is 50.7 Å². The van der Waals surface area contributed by atoms with Gasteiger partial charge in [-0.15, -0.1) is 0 Å². The van der Waals surface area contributed by atoms with Gasteiger partial charge in [-0.3, -0.25) is 9.48 Å². The molecule has 2 rings (SSSR count). The van der Waals surface area contributed by atoms with Crippen LogP contribution in [0.15, 0.2) is 24.5 Å². The Morgan fingerprint density at radius 2 is 2.46 bits per heavy atom. The Hall–Kier alpha value is -1.84. The minimum atomic E-state index is 0.602. The molecule has 0 aromatic carbocycles. The standard InChI is InChI=1S/C9H9N3O/c1-12-9(7(6-13)5-11-12)8-3-2-4-10-8/h2-6,10H,1H3. The van der Waals surface area contributed by atoms with Crippen molar-refractivity contribution in [2.75, 3.05) is 0 Å². The molecule has 0 saturated carbocycles. The fourth-order valence-electron chi connectivity index (χ4n) is 1.35. The summed E-state index contributed by atoms with van der Waals surface area (Å²) in [5, 5.41) is 4.01. The molecule has 0 fully saturated rings. The molecule has 0 bridgehead atoms. The van der Waals surface area contributed by atoms with Gasteiger partial charge in [-0.1, -0.05) is 0 Å². The molecule has 0 aliphatic rings. The van der Waals surface area contributed by atoms with Crippen molar-refractivity contribution in [2.24, 2.45) is 7.05 Å². The van der Waals surface area contributed by atoms with E-state index in [-0.39, 0.29) is 0 Å². The van der Waals surface area contributed by atoms with E-state index in [1.807, 2.05) is 25.4 Å². The average Bonchev–Trinajstić information content (AvgIpc) is 2.72. The number of aromatic nitrogens is 3. The van der Waals surface area contributed by atoms with E-state index in [0.717, 1.165) is 17.7 Å². The second kappa shape index (κ2) is 2.90. The summed E-state index contributed by atoms with van der Waals surface area (Å²) in [6, 6.07) is 3.79. The van der Waals surface area contributed by atoms with Gasteiger partial charge in [-0.2, -0.15) is 5.10 Å². The van der Waals surface area contributed by atoms with Crippen LogP contribution in [0.2, 0.25) is 0 Å². The van der Waals surface area contributed by atoms with Crippen molar-refractivity contribution in [1.29, 1.82) is 0 Å². The Morgan fingerprint density at radius 3 is 3.08 bits per heavy atom. The van der Waals surface area contributed by atoms with Crippen molar-refractivity contribution in [1.82, 2.24) is 14.8 Å². The summed E-state index contributed by atoms with van der Waals surface area (Å²) in [5.41, 5.74) is 2.33. The highest BCUT2D eigenvalue weighted by Crippen LogP contribution is 2.19. The predicted molar refractivity (Wildman–Crippen MR) is 48.4 cm³/mol. The van der Waals surface area contributed by atoms with Gasteiger partial charge in [-0.05, 0) is 12.1 Å². The number of nitrogens with zero attached hydrogens (tertiary/aromatic N) is 2. The Balaban J connectivity index is 2.62. The molecule has 0 amide bonds. The third-order valence-electron chi connectivity index (χ3n) is 1.95. The van der Waals surface area contributed by atoms with Crippen LogP contribution >= 0.6 is 0 Å². The summed E-state index contributed by atoms with van der Waals surface area (Å²) in [4.78, 5) is 13.7. The van der Waals surface area contributed by atoms with E-state index in [1.165, 1.54) is 0 Å². The van der Waals surface area contributed by atoms with Gasteiger partial charge in [0, 0.05) is 13.2 Å². The van der Waals surface area contributed by atoms with E-state index < -0.39 is 0 Å². The summed E-state index contributed by atoms with van der Waals surface area (Å²) in [6.07, 6.45) is 4.18. The lowest BCUT2D eigenvalue weighted by atomic mass is 10.2. The number of carbonyl (C=O) groups excluding carboxylic acids is 1. The molecular weight excluding hydrogens is 166 g/mol. The van der Waals surface area contributed by atoms with Gasteiger partial charge in [-0.25, -0.2) is 0 Å². The van der Waals surface area contributed by atoms with Crippen LogP contribution in [0, 0.1) is 0 Å². The second-order valence-electron chi connectivity index (χ2n) is 2.77. The quantitative estimate of drug-likeness (QED) is 0.698. The zero-order valence-corrected chi connectivity index (χ0v) is 7.19. The monoisotopic (exact) mass is 175 g/mol. The van der Waals surface area contributed by atoms with Crippen molar-refractivity contribution >= 4 is 6.29 Å². The third-order valence-corrected chi connectivity index (χ3v) is 1.95. The molecule has 2 aromatic rings. The first-order valence-electron chi connectivity index (χ1n) is 3.94. The molecular formula is C9H9N3O. The molecule has 2 aromatic heterocycles. The van der Waals surface area contributed by atoms with Crippen LogP contribution in [0.25, 0.3) is 11.4 Å². The number of nitrogens with one attached hydrogen (secondary N) is 1. The van der Waals surface area contributed by atoms with Crippen molar-refractivity contribution in [3.8, 4) is 11.4 Å². The van der Waals surface area contributed by atoms with Gasteiger partial charge >= 0.3 is 0 Å². The van der Waals surface area contributed by atoms with Crippen LogP contribution in [-0.4, -0.2) is 21.1 Å². The summed E-state index contributed by atoms with van der Waals surface area (Å²) >= 11 is 0. The third kappa shape index (κ3) is 1.16. The van der Waals surface area contributed by atoms with E-state index in [1.54, 1.807) is 10.9 Å². The predicted octanol–water partition coefficient (Wildman–Crippen LogP) is 1.23. The molecule has 0 radical (unpaired) electrons. The fraction of sp³-hybridized carbons (Fsp3) is 0.111. The molecule has 0 aliphatic heterocycles. The van der Waals surface area contributed by atoms with Crippen LogP contribution in [0.4, 0.5) is 0 Å². The van der Waals surface area contributed by atoms with E-state index in [0.29, 0.717) is 5.56 Å². The fourth-order valence-corrected chi connectivity index (χ4v) is 1.35. The number of aromatic amines is 1. The van der Waals surface area contributed by atoms with E-state index in [9.17, 15) is 4.79 Å². The maximum Gasteiger partial charge on any atom is 0.153 e. The summed E-state index contributed by atoms with van der Waals surface area (Å²) in [7, 11) is 1.81. The van der Waals surface area contributed by atoms with E-state index >= 15 is 0 Å². The molecule has 13 heavy (non-hydrogen) atoms. The van der Waals surface area contributed by atoms with Crippen LogP contribution in [0.5, 0.6) is 0 Å². The average molecular weight is 175 g/mol. The normalized spacial score (nSPS) is 10.2. The number of H-pyrrole nitrogens is 1. The lowest BCUT2D eigenvalue weighted by Crippen LogP contribution is -1.95. The Kier molecular flexibility index (Phi) is 1.73. The minimum Gasteiger partial charge on any atom is -0.360 e. The first kappa shape index (κ1) is 7.79. The second-order valence-corrected chi connectivity index (χ2v) is 2.77. The number of rotatable bonds is 2. The van der Waals surface area contributed by atoms with Crippen molar-refractivity contribution in [2.45, 2.75) is 0 Å². The van der Waals surface area contributed by atoms with Gasteiger partial charge in [0.25, 0.3) is 0 Å². The largest absolute Gasteiger partial charge is 0.360 e. The first-order chi connectivity index (χ1) is 6.33. The van der Waals surface area contributed by atoms with Crippen LogP contribution in [-0.2, 0) is 7.05 Å². The maximum absolute atomic E-state index is 10.7. The number of aryl methyl sites for hydroxylation is 1. The van der Waals surface area contributed by atoms with Crippen LogP contribution in [0.1, 0.15) is 10.4 Å². The van der Waals surface area contributed by atoms with E-state index in [2.05, 4.69) is 10.1 Å². The highest BCUT2D eigenvalue weighted by atomic mass is 16.1. The number of hydrogen-bond acceptors (Lipinski definition) is 2. The first-order valence-corrected chi connectivity index (χ1v) is 3.94. The lowest BCUT2D eigenvalue weighted by Gasteiger charge is -1.98. The molecule has 0 saturated heterocycles. The zero-order chi connectivity index (χ0) is 9.26. The number of carbonyl (C=O) groups is 1. The Labute approximate surface area is 75.2 Å². The highest BCUT2D eigenvalue weighted by molar-refractivity contribution is 5.84. The van der Waals surface area contributed by atoms with Crippen molar-refractivity contribution in [3.63, 3.8) is 0 Å². The SMILES string of the molecule is Cn1ncc(C=O)c1-c1ccc[nH]1. The molecule has 1 N–H and O–H groups in total. The van der Waals surface area contributed by atoms with Gasteiger partial charge in [0.2, 0.25) is 0 Å². The minimum absolute atomic E-state index is 0.602. The smallest absolute Gasteiger partial charge is 0.153 e. The Morgan fingerprint density at radius 1 is 1.62 bits per heavy atom. The molecule has 0 atom stereocenters. The van der Waals surface area contributed by atoms with Gasteiger partial charge in [0.15, 0.2) is 6.29 Å². The Bertz CT molecular complexity index is 414. The molecule has 4 heteroatoms. The van der Waals surface area contributed by atoms with Crippen molar-refractivity contribution < 1.29 is 4.79 Å². The molecule has 4 nitrogen and oxygen atoms in total. The van der Waals surface area contributed by atoms with Crippen LogP contribution in [0.3, 0.4) is 0 Å². The number of aldehydes is 1. The molecule has 2 heterocycles. The number of hydrogen-bond donors (Lipinski definition) is 1. The molecule has 66 valence electrons. The van der Waals surface area contributed by atoms with Gasteiger partial charge in [0.1, 0.15) is 0 Å². The van der Waals surface area contributed by atoms with Gasteiger partial charge in [0.05, 0.1) is 23.1 Å². The van der Waals surface area contributed by atoms with Crippen LogP contribution < -0.4 is 0 Å².